The maximum atomic E-state index is 11.8. The zero-order valence-electron chi connectivity index (χ0n) is 15.2. The zero-order chi connectivity index (χ0) is 17.5. The number of unbranched alkanes of at least 4 members (excludes halogenated alkanes) is 4. The van der Waals surface area contributed by atoms with E-state index in [0.717, 1.165) is 24.8 Å². The molecule has 0 aliphatic heterocycles. The third-order valence-electron chi connectivity index (χ3n) is 4.01. The first kappa shape index (κ1) is 21.6. The first-order chi connectivity index (χ1) is 11.1. The summed E-state index contributed by atoms with van der Waals surface area (Å²) in [4.78, 5) is 23.6. The molecule has 3 nitrogen and oxygen atoms in total. The summed E-state index contributed by atoms with van der Waals surface area (Å²) in [5.41, 5.74) is 0.957. The Morgan fingerprint density at radius 1 is 1.04 bits per heavy atom. The maximum Gasteiger partial charge on any atom is 0.306 e. The van der Waals surface area contributed by atoms with Gasteiger partial charge in [-0.15, -0.1) is 0 Å². The standard InChI is InChI=1S/C20H34O3/c1-5-9-10-11-12-15-23-20(22)14-13-17(6-2)16-18(7-3)19(21)8-4/h6,16,18H,2,5,7-15H2,1,3-4H3. The number of Topliss-reactive ketones (excluding diaryl/α,β-unsaturated/α-hetero) is 1. The van der Waals surface area contributed by atoms with Gasteiger partial charge in [0.05, 0.1) is 6.61 Å². The van der Waals surface area contributed by atoms with Crippen molar-refractivity contribution in [3.05, 3.63) is 24.3 Å². The van der Waals surface area contributed by atoms with Crippen molar-refractivity contribution in [1.82, 2.24) is 0 Å². The van der Waals surface area contributed by atoms with Gasteiger partial charge in [0, 0.05) is 18.8 Å². The largest absolute Gasteiger partial charge is 0.466 e. The van der Waals surface area contributed by atoms with Gasteiger partial charge in [0.2, 0.25) is 0 Å². The van der Waals surface area contributed by atoms with Crippen LogP contribution in [0.3, 0.4) is 0 Å². The predicted molar refractivity (Wildman–Crippen MR) is 96.3 cm³/mol. The first-order valence-corrected chi connectivity index (χ1v) is 9.10. The van der Waals surface area contributed by atoms with E-state index in [2.05, 4.69) is 13.5 Å². The molecule has 0 amide bonds. The number of rotatable bonds is 14. The van der Waals surface area contributed by atoms with E-state index >= 15 is 0 Å². The minimum absolute atomic E-state index is 0.0670. The van der Waals surface area contributed by atoms with E-state index in [1.165, 1.54) is 19.3 Å². The molecule has 132 valence electrons. The van der Waals surface area contributed by atoms with Gasteiger partial charge in [-0.1, -0.05) is 70.8 Å². The summed E-state index contributed by atoms with van der Waals surface area (Å²) in [5, 5.41) is 0. The number of ether oxygens (including phenoxy) is 1. The van der Waals surface area contributed by atoms with E-state index in [4.69, 9.17) is 4.74 Å². The Morgan fingerprint density at radius 2 is 1.74 bits per heavy atom. The fourth-order valence-electron chi connectivity index (χ4n) is 2.42. The van der Waals surface area contributed by atoms with Crippen molar-refractivity contribution in [3.63, 3.8) is 0 Å². The quantitative estimate of drug-likeness (QED) is 0.244. The fourth-order valence-corrected chi connectivity index (χ4v) is 2.42. The smallest absolute Gasteiger partial charge is 0.306 e. The molecule has 23 heavy (non-hydrogen) atoms. The van der Waals surface area contributed by atoms with E-state index < -0.39 is 0 Å². The highest BCUT2D eigenvalue weighted by atomic mass is 16.5. The van der Waals surface area contributed by atoms with Crippen LogP contribution in [0.25, 0.3) is 0 Å². The molecule has 3 heteroatoms. The Kier molecular flexibility index (Phi) is 13.4. The van der Waals surface area contributed by atoms with Gasteiger partial charge in [-0.05, 0) is 19.3 Å². The lowest BCUT2D eigenvalue weighted by Crippen LogP contribution is -2.11. The highest BCUT2D eigenvalue weighted by Crippen LogP contribution is 2.16. The second-order valence-electron chi connectivity index (χ2n) is 5.91. The monoisotopic (exact) mass is 322 g/mol. The van der Waals surface area contributed by atoms with E-state index in [0.29, 0.717) is 25.9 Å². The topological polar surface area (TPSA) is 43.4 Å². The predicted octanol–water partition coefficient (Wildman–Crippen LogP) is 5.40. The minimum Gasteiger partial charge on any atom is -0.466 e. The molecule has 0 fully saturated rings. The molecular formula is C20H34O3. The molecule has 0 aromatic heterocycles. The zero-order valence-corrected chi connectivity index (χ0v) is 15.2. The van der Waals surface area contributed by atoms with Crippen molar-refractivity contribution in [3.8, 4) is 0 Å². The molecule has 0 bridgehead atoms. The number of carbonyl (C=O) groups is 2. The average Bonchev–Trinajstić information content (AvgIpc) is 2.57. The van der Waals surface area contributed by atoms with Crippen molar-refractivity contribution < 1.29 is 14.3 Å². The van der Waals surface area contributed by atoms with Crippen LogP contribution in [-0.4, -0.2) is 18.4 Å². The molecule has 0 saturated carbocycles. The molecule has 0 rings (SSSR count). The Balaban J connectivity index is 4.11. The Bertz CT molecular complexity index is 382. The summed E-state index contributed by atoms with van der Waals surface area (Å²) < 4.78 is 5.25. The van der Waals surface area contributed by atoms with Crippen LogP contribution >= 0.6 is 0 Å². The lowest BCUT2D eigenvalue weighted by atomic mass is 9.95. The second kappa shape index (κ2) is 14.2. The van der Waals surface area contributed by atoms with Crippen LogP contribution in [0.4, 0.5) is 0 Å². The summed E-state index contributed by atoms with van der Waals surface area (Å²) >= 11 is 0. The Labute approximate surface area is 142 Å². The van der Waals surface area contributed by atoms with E-state index in [1.807, 2.05) is 19.9 Å². The van der Waals surface area contributed by atoms with Gasteiger partial charge in [-0.25, -0.2) is 0 Å². The first-order valence-electron chi connectivity index (χ1n) is 9.10. The van der Waals surface area contributed by atoms with Crippen molar-refractivity contribution >= 4 is 11.8 Å². The third-order valence-corrected chi connectivity index (χ3v) is 4.01. The van der Waals surface area contributed by atoms with E-state index in [1.54, 1.807) is 6.08 Å². The summed E-state index contributed by atoms with van der Waals surface area (Å²) in [6.45, 7) is 10.4. The number of esters is 1. The van der Waals surface area contributed by atoms with Crippen molar-refractivity contribution in [2.75, 3.05) is 6.61 Å². The molecule has 0 heterocycles. The van der Waals surface area contributed by atoms with Gasteiger partial charge >= 0.3 is 5.97 Å². The summed E-state index contributed by atoms with van der Waals surface area (Å²) in [6.07, 6.45) is 11.7. The molecule has 0 spiro atoms. The summed E-state index contributed by atoms with van der Waals surface area (Å²) in [5.74, 6) is 0.00667. The molecule has 0 aliphatic carbocycles. The van der Waals surface area contributed by atoms with Crippen molar-refractivity contribution in [2.24, 2.45) is 5.92 Å². The molecule has 0 aliphatic rings. The van der Waals surface area contributed by atoms with Crippen LogP contribution < -0.4 is 0 Å². The van der Waals surface area contributed by atoms with Crippen LogP contribution in [-0.2, 0) is 14.3 Å². The number of allylic oxidation sites excluding steroid dienone is 3. The molecule has 1 atom stereocenters. The normalized spacial score (nSPS) is 12.7. The second-order valence-corrected chi connectivity index (χ2v) is 5.91. The van der Waals surface area contributed by atoms with Gasteiger partial charge in [0.25, 0.3) is 0 Å². The summed E-state index contributed by atoms with van der Waals surface area (Å²) in [7, 11) is 0. The lowest BCUT2D eigenvalue weighted by Gasteiger charge is -2.10. The molecule has 0 saturated heterocycles. The summed E-state index contributed by atoms with van der Waals surface area (Å²) in [6, 6.07) is 0. The van der Waals surface area contributed by atoms with Crippen LogP contribution in [0.2, 0.25) is 0 Å². The Hall–Kier alpha value is -1.38. The third kappa shape index (κ3) is 10.9. The molecule has 0 aromatic rings. The number of carbonyl (C=O) groups excluding carboxylic acids is 2. The lowest BCUT2D eigenvalue weighted by molar-refractivity contribution is -0.143. The minimum atomic E-state index is -0.164. The molecule has 1 unspecified atom stereocenters. The van der Waals surface area contributed by atoms with Crippen molar-refractivity contribution in [2.45, 2.75) is 78.6 Å². The van der Waals surface area contributed by atoms with Crippen molar-refractivity contribution in [1.29, 1.82) is 0 Å². The van der Waals surface area contributed by atoms with Crippen LogP contribution in [0.1, 0.15) is 78.6 Å². The Morgan fingerprint density at radius 3 is 2.30 bits per heavy atom. The molecule has 0 aromatic carbocycles. The highest BCUT2D eigenvalue weighted by molar-refractivity contribution is 5.82. The SMILES string of the molecule is C=CC(=CC(CC)C(=O)CC)CCC(=O)OCCCCCCC. The molecule has 0 radical (unpaired) electrons. The van der Waals surface area contributed by atoms with E-state index in [9.17, 15) is 9.59 Å². The van der Waals surface area contributed by atoms with Crippen LogP contribution in [0.15, 0.2) is 24.3 Å². The van der Waals surface area contributed by atoms with Crippen LogP contribution in [0, 0.1) is 5.92 Å². The average molecular weight is 322 g/mol. The van der Waals surface area contributed by atoms with Gasteiger partial charge in [-0.3, -0.25) is 9.59 Å². The number of ketones is 1. The number of hydrogen-bond donors (Lipinski definition) is 0. The number of hydrogen-bond acceptors (Lipinski definition) is 3. The van der Waals surface area contributed by atoms with Gasteiger partial charge in [0.1, 0.15) is 5.78 Å². The van der Waals surface area contributed by atoms with E-state index in [-0.39, 0.29) is 17.7 Å². The van der Waals surface area contributed by atoms with Gasteiger partial charge in [0.15, 0.2) is 0 Å². The van der Waals surface area contributed by atoms with Crippen LogP contribution in [0.5, 0.6) is 0 Å². The molecular weight excluding hydrogens is 288 g/mol. The van der Waals surface area contributed by atoms with Gasteiger partial charge < -0.3 is 4.74 Å². The maximum absolute atomic E-state index is 11.8. The fraction of sp³-hybridized carbons (Fsp3) is 0.700. The van der Waals surface area contributed by atoms with Gasteiger partial charge in [-0.2, -0.15) is 0 Å². The molecule has 0 N–H and O–H groups in total. The highest BCUT2D eigenvalue weighted by Gasteiger charge is 2.12.